The number of morpholine rings is 1. The Morgan fingerprint density at radius 1 is 1.12 bits per heavy atom. The average molecular weight is 442 g/mol. The Hall–Kier alpha value is -2.65. The number of carbonyl (C=O) groups excluding carboxylic acids is 1. The molecule has 0 radical (unpaired) electrons. The van der Waals surface area contributed by atoms with Crippen molar-refractivity contribution in [2.24, 2.45) is 5.92 Å². The van der Waals surface area contributed by atoms with Gasteiger partial charge in [0.25, 0.3) is 5.91 Å². The van der Waals surface area contributed by atoms with Crippen molar-refractivity contribution in [3.05, 3.63) is 35.7 Å². The second-order valence-electron chi connectivity index (χ2n) is 9.02. The first-order valence-electron chi connectivity index (χ1n) is 11.6. The number of nitrogens with zero attached hydrogens (tertiary/aromatic N) is 5. The number of rotatable bonds is 6. The van der Waals surface area contributed by atoms with Crippen molar-refractivity contribution >= 4 is 5.91 Å². The molecule has 1 atom stereocenters. The fraction of sp³-hybridized carbons (Fsp3) is 0.609. The van der Waals surface area contributed by atoms with Gasteiger partial charge < -0.3 is 24.0 Å². The third kappa shape index (κ3) is 4.73. The zero-order chi connectivity index (χ0) is 21.9. The molecular weight excluding hydrogens is 410 g/mol. The summed E-state index contributed by atoms with van der Waals surface area (Å²) in [7, 11) is 0. The van der Waals surface area contributed by atoms with Gasteiger partial charge >= 0.3 is 0 Å². The highest BCUT2D eigenvalue weighted by atomic mass is 16.7. The van der Waals surface area contributed by atoms with Crippen LogP contribution in [0, 0.1) is 5.92 Å². The van der Waals surface area contributed by atoms with Gasteiger partial charge in [-0.05, 0) is 42.9 Å². The summed E-state index contributed by atoms with van der Waals surface area (Å²) in [5.74, 6) is 2.20. The third-order valence-corrected chi connectivity index (χ3v) is 6.55. The van der Waals surface area contributed by atoms with Gasteiger partial charge in [-0.2, -0.15) is 0 Å². The number of benzene rings is 1. The molecule has 3 aliphatic rings. The fourth-order valence-electron chi connectivity index (χ4n) is 4.82. The molecular formula is C23H31N5O4. The van der Waals surface area contributed by atoms with E-state index in [4.69, 9.17) is 14.2 Å². The van der Waals surface area contributed by atoms with Crippen LogP contribution < -0.4 is 9.47 Å². The molecule has 2 fully saturated rings. The Labute approximate surface area is 188 Å². The van der Waals surface area contributed by atoms with Crippen LogP contribution in [0.3, 0.4) is 0 Å². The standard InChI is InChI=1S/C23H31N5O4/c1-17(12-18-2-3-21-22(13-18)32-16-31-21)14-26-6-4-19(5-7-26)28-15-20(24-25-28)23(29)27-8-10-30-11-9-27/h2-3,13,15,17,19H,4-12,14,16H2,1H3. The molecule has 9 heteroatoms. The Morgan fingerprint density at radius 2 is 1.91 bits per heavy atom. The second-order valence-corrected chi connectivity index (χ2v) is 9.02. The summed E-state index contributed by atoms with van der Waals surface area (Å²) in [5, 5.41) is 8.43. The van der Waals surface area contributed by atoms with Gasteiger partial charge in [0, 0.05) is 32.7 Å². The number of piperidine rings is 1. The van der Waals surface area contributed by atoms with Gasteiger partial charge in [0.1, 0.15) is 0 Å². The molecule has 1 aromatic carbocycles. The monoisotopic (exact) mass is 441 g/mol. The zero-order valence-corrected chi connectivity index (χ0v) is 18.6. The topological polar surface area (TPSA) is 82.0 Å². The zero-order valence-electron chi connectivity index (χ0n) is 18.6. The SMILES string of the molecule is CC(Cc1ccc2c(c1)OCO2)CN1CCC(n2cc(C(=O)N3CCOCC3)nn2)CC1. The summed E-state index contributed by atoms with van der Waals surface area (Å²) >= 11 is 0. The minimum atomic E-state index is -0.0469. The number of hydrogen-bond donors (Lipinski definition) is 0. The first kappa shape index (κ1) is 21.2. The Kier molecular flexibility index (Phi) is 6.27. The van der Waals surface area contributed by atoms with Crippen molar-refractivity contribution < 1.29 is 19.0 Å². The van der Waals surface area contributed by atoms with Crippen LogP contribution >= 0.6 is 0 Å². The highest BCUT2D eigenvalue weighted by molar-refractivity contribution is 5.92. The van der Waals surface area contributed by atoms with Crippen LogP contribution in [-0.2, 0) is 11.2 Å². The quantitative estimate of drug-likeness (QED) is 0.678. The molecule has 4 heterocycles. The van der Waals surface area contributed by atoms with Gasteiger partial charge in [-0.25, -0.2) is 4.68 Å². The lowest BCUT2D eigenvalue weighted by Gasteiger charge is -2.33. The number of amides is 1. The average Bonchev–Trinajstić information content (AvgIpc) is 3.49. The van der Waals surface area contributed by atoms with Crippen molar-refractivity contribution in [3.8, 4) is 11.5 Å². The molecule has 0 aliphatic carbocycles. The maximum Gasteiger partial charge on any atom is 0.276 e. The van der Waals surface area contributed by atoms with Crippen molar-refractivity contribution in [3.63, 3.8) is 0 Å². The minimum absolute atomic E-state index is 0.0469. The van der Waals surface area contributed by atoms with E-state index in [1.807, 2.05) is 16.9 Å². The summed E-state index contributed by atoms with van der Waals surface area (Å²) in [4.78, 5) is 16.9. The number of hydrogen-bond acceptors (Lipinski definition) is 7. The highest BCUT2D eigenvalue weighted by Crippen LogP contribution is 2.33. The second kappa shape index (κ2) is 9.46. The summed E-state index contributed by atoms with van der Waals surface area (Å²) in [6.07, 6.45) is 4.88. The largest absolute Gasteiger partial charge is 0.454 e. The van der Waals surface area contributed by atoms with Crippen LogP contribution in [0.2, 0.25) is 0 Å². The van der Waals surface area contributed by atoms with E-state index >= 15 is 0 Å². The number of aromatic nitrogens is 3. The molecule has 32 heavy (non-hydrogen) atoms. The van der Waals surface area contributed by atoms with Crippen LogP contribution in [0.5, 0.6) is 11.5 Å². The van der Waals surface area contributed by atoms with Gasteiger partial charge in [-0.15, -0.1) is 5.10 Å². The molecule has 9 nitrogen and oxygen atoms in total. The highest BCUT2D eigenvalue weighted by Gasteiger charge is 2.26. The molecule has 2 saturated heterocycles. The van der Waals surface area contributed by atoms with E-state index in [0.29, 0.717) is 50.7 Å². The lowest BCUT2D eigenvalue weighted by atomic mass is 9.98. The van der Waals surface area contributed by atoms with Gasteiger partial charge in [-0.1, -0.05) is 18.2 Å². The van der Waals surface area contributed by atoms with Crippen LogP contribution in [0.15, 0.2) is 24.4 Å². The maximum atomic E-state index is 12.6. The molecule has 3 aliphatic heterocycles. The summed E-state index contributed by atoms with van der Waals surface area (Å²) in [6.45, 7) is 8.17. The van der Waals surface area contributed by atoms with Crippen LogP contribution in [0.25, 0.3) is 0 Å². The number of ether oxygens (including phenoxy) is 3. The van der Waals surface area contributed by atoms with Gasteiger partial charge in [0.15, 0.2) is 17.2 Å². The van der Waals surface area contributed by atoms with Crippen molar-refractivity contribution in [2.75, 3.05) is 52.7 Å². The lowest BCUT2D eigenvalue weighted by Crippen LogP contribution is -2.40. The van der Waals surface area contributed by atoms with Crippen LogP contribution in [0.1, 0.15) is 41.9 Å². The lowest BCUT2D eigenvalue weighted by molar-refractivity contribution is 0.0299. The molecule has 1 amide bonds. The van der Waals surface area contributed by atoms with E-state index in [1.165, 1.54) is 5.56 Å². The van der Waals surface area contributed by atoms with E-state index in [-0.39, 0.29) is 5.91 Å². The normalized spacial score (nSPS) is 20.5. The van der Waals surface area contributed by atoms with Crippen molar-refractivity contribution in [1.29, 1.82) is 0 Å². The predicted molar refractivity (Wildman–Crippen MR) is 117 cm³/mol. The number of fused-ring (bicyclic) bond motifs is 1. The summed E-state index contributed by atoms with van der Waals surface area (Å²) in [5.41, 5.74) is 1.73. The fourth-order valence-corrected chi connectivity index (χ4v) is 4.82. The molecule has 2 aromatic rings. The predicted octanol–water partition coefficient (Wildman–Crippen LogP) is 1.99. The van der Waals surface area contributed by atoms with Gasteiger partial charge in [-0.3, -0.25) is 4.79 Å². The van der Waals surface area contributed by atoms with Crippen molar-refractivity contribution in [1.82, 2.24) is 24.8 Å². The molecule has 0 saturated carbocycles. The number of likely N-dealkylation sites (tertiary alicyclic amines) is 1. The molecule has 0 N–H and O–H groups in total. The molecule has 0 bridgehead atoms. The van der Waals surface area contributed by atoms with E-state index < -0.39 is 0 Å². The van der Waals surface area contributed by atoms with Gasteiger partial charge in [0.2, 0.25) is 6.79 Å². The van der Waals surface area contributed by atoms with Gasteiger partial charge in [0.05, 0.1) is 25.5 Å². The van der Waals surface area contributed by atoms with E-state index in [9.17, 15) is 4.79 Å². The van der Waals surface area contributed by atoms with E-state index in [0.717, 1.165) is 50.4 Å². The van der Waals surface area contributed by atoms with Crippen LogP contribution in [-0.4, -0.2) is 83.4 Å². The molecule has 1 aromatic heterocycles. The Balaban J connectivity index is 1.10. The van der Waals surface area contributed by atoms with E-state index in [2.05, 4.69) is 34.3 Å². The Morgan fingerprint density at radius 3 is 2.72 bits per heavy atom. The Bertz CT molecular complexity index is 934. The smallest absolute Gasteiger partial charge is 0.276 e. The third-order valence-electron chi connectivity index (χ3n) is 6.55. The molecule has 172 valence electrons. The van der Waals surface area contributed by atoms with Crippen molar-refractivity contribution in [2.45, 2.75) is 32.2 Å². The summed E-state index contributed by atoms with van der Waals surface area (Å²) in [6, 6.07) is 6.54. The van der Waals surface area contributed by atoms with E-state index in [1.54, 1.807) is 4.90 Å². The minimum Gasteiger partial charge on any atom is -0.454 e. The molecule has 1 unspecified atom stereocenters. The summed E-state index contributed by atoms with van der Waals surface area (Å²) < 4.78 is 18.1. The molecule has 0 spiro atoms. The molecule has 5 rings (SSSR count). The first-order chi connectivity index (χ1) is 15.7. The van der Waals surface area contributed by atoms with Crippen LogP contribution in [0.4, 0.5) is 0 Å². The maximum absolute atomic E-state index is 12.6. The first-order valence-corrected chi connectivity index (χ1v) is 11.6. The number of carbonyl (C=O) groups is 1.